The predicted octanol–water partition coefficient (Wildman–Crippen LogP) is 4.99. The average Bonchev–Trinajstić information content (AvgIpc) is 3.72. The summed E-state index contributed by atoms with van der Waals surface area (Å²) < 4.78 is 15.2. The van der Waals surface area contributed by atoms with E-state index in [0.29, 0.717) is 51.8 Å². The summed E-state index contributed by atoms with van der Waals surface area (Å²) in [5.74, 6) is -0.995. The number of ketones is 1. The molecular formula is C33H34N6O7S. The normalized spacial score (nSPS) is 11.4. The van der Waals surface area contributed by atoms with Gasteiger partial charge in [0, 0.05) is 41.2 Å². The smallest absolute Gasteiger partial charge is 0.303 e. The van der Waals surface area contributed by atoms with E-state index in [0.717, 1.165) is 15.6 Å². The second-order valence-corrected chi connectivity index (χ2v) is 11.7. The van der Waals surface area contributed by atoms with Gasteiger partial charge in [0.05, 0.1) is 42.2 Å². The molecule has 2 aromatic carbocycles. The Morgan fingerprint density at radius 1 is 1.04 bits per heavy atom. The Morgan fingerprint density at radius 2 is 1.79 bits per heavy atom. The van der Waals surface area contributed by atoms with E-state index < -0.39 is 11.9 Å². The minimum Gasteiger partial charge on any atom is -0.493 e. The molecule has 0 fully saturated rings. The van der Waals surface area contributed by atoms with Crippen molar-refractivity contribution in [1.82, 2.24) is 19.3 Å². The van der Waals surface area contributed by atoms with Crippen LogP contribution < -0.4 is 20.5 Å². The molecule has 5 aromatic rings. The van der Waals surface area contributed by atoms with Crippen molar-refractivity contribution in [3.05, 3.63) is 75.9 Å². The van der Waals surface area contributed by atoms with Crippen LogP contribution in [0.3, 0.4) is 0 Å². The summed E-state index contributed by atoms with van der Waals surface area (Å²) in [4.78, 5) is 54.6. The first-order valence-electron chi connectivity index (χ1n) is 14.8. The highest BCUT2D eigenvalue weighted by atomic mass is 32.1. The summed E-state index contributed by atoms with van der Waals surface area (Å²) in [6.07, 6.45) is 3.75. The van der Waals surface area contributed by atoms with E-state index in [9.17, 15) is 19.2 Å². The maximum atomic E-state index is 13.3. The monoisotopic (exact) mass is 658 g/mol. The number of hydrogen-bond acceptors (Lipinski definition) is 9. The third kappa shape index (κ3) is 6.87. The molecule has 0 radical (unpaired) electrons. The molecule has 0 bridgehead atoms. The number of hydrogen-bond donors (Lipinski definition) is 3. The van der Waals surface area contributed by atoms with Crippen LogP contribution in [0.25, 0.3) is 21.1 Å². The lowest BCUT2D eigenvalue weighted by molar-refractivity contribution is -0.136. The Bertz CT molecular complexity index is 2060. The van der Waals surface area contributed by atoms with Gasteiger partial charge in [0.15, 0.2) is 17.3 Å². The Hall–Kier alpha value is -5.50. The van der Waals surface area contributed by atoms with Crippen LogP contribution >= 0.6 is 11.3 Å². The van der Waals surface area contributed by atoms with Gasteiger partial charge in [-0.1, -0.05) is 12.2 Å². The van der Waals surface area contributed by atoms with Gasteiger partial charge in [-0.3, -0.25) is 29.2 Å². The molecule has 0 aliphatic rings. The summed E-state index contributed by atoms with van der Waals surface area (Å²) in [7, 11) is 3.06. The molecule has 0 aliphatic carbocycles. The number of aromatic nitrogens is 4. The number of benzene rings is 2. The number of Topliss-reactive ketones (excluding diaryl/α,β-unsaturated/α-hetero) is 1. The number of nitrogens with two attached hydrogens (primary N) is 1. The van der Waals surface area contributed by atoms with Crippen LogP contribution in [0.5, 0.6) is 11.5 Å². The summed E-state index contributed by atoms with van der Waals surface area (Å²) in [5, 5.41) is 17.2. The number of carboxylic acid groups (broad SMARTS) is 1. The van der Waals surface area contributed by atoms with E-state index in [1.807, 2.05) is 32.1 Å². The molecule has 0 aliphatic heterocycles. The first-order valence-corrected chi connectivity index (χ1v) is 15.6. The second-order valence-electron chi connectivity index (χ2n) is 10.7. The molecule has 13 nitrogen and oxygen atoms in total. The number of nitrogens with one attached hydrogen (secondary N) is 1. The van der Waals surface area contributed by atoms with Crippen LogP contribution in [0, 0.1) is 6.92 Å². The SMILES string of the molecule is CCn1nc(C)cc1C(=O)Nc1nc2cc(C(N)=O)ccc2n1C/C=C/Cc1c(C(=O)CCC(=O)O)sc2cc(OC)c(OC)cc12. The third-order valence-electron chi connectivity index (χ3n) is 7.59. The van der Waals surface area contributed by atoms with Crippen LogP contribution in [-0.4, -0.2) is 62.2 Å². The maximum Gasteiger partial charge on any atom is 0.303 e. The Morgan fingerprint density at radius 3 is 2.47 bits per heavy atom. The molecule has 244 valence electrons. The molecule has 47 heavy (non-hydrogen) atoms. The van der Waals surface area contributed by atoms with Crippen LogP contribution in [0.4, 0.5) is 5.95 Å². The zero-order valence-electron chi connectivity index (χ0n) is 26.3. The zero-order valence-corrected chi connectivity index (χ0v) is 27.1. The van der Waals surface area contributed by atoms with Gasteiger partial charge in [-0.25, -0.2) is 4.98 Å². The van der Waals surface area contributed by atoms with Crippen molar-refractivity contribution < 1.29 is 33.8 Å². The van der Waals surface area contributed by atoms with Gasteiger partial charge in [-0.05, 0) is 56.2 Å². The number of anilines is 1. The fourth-order valence-corrected chi connectivity index (χ4v) is 6.53. The average molecular weight is 659 g/mol. The fraction of sp³-hybridized carbons (Fsp3) is 0.273. The van der Waals surface area contributed by atoms with Gasteiger partial charge in [0.1, 0.15) is 5.69 Å². The van der Waals surface area contributed by atoms with E-state index >= 15 is 0 Å². The topological polar surface area (TPSA) is 181 Å². The van der Waals surface area contributed by atoms with Crippen molar-refractivity contribution in [3.8, 4) is 11.5 Å². The van der Waals surface area contributed by atoms with E-state index in [1.54, 1.807) is 39.6 Å². The number of carbonyl (C=O) groups is 4. The number of primary amides is 1. The van der Waals surface area contributed by atoms with Crippen molar-refractivity contribution in [2.45, 2.75) is 46.2 Å². The first kappa shape index (κ1) is 32.9. The quantitative estimate of drug-likeness (QED) is 0.109. The van der Waals surface area contributed by atoms with Crippen molar-refractivity contribution in [1.29, 1.82) is 0 Å². The first-order chi connectivity index (χ1) is 22.5. The second kappa shape index (κ2) is 13.9. The number of carbonyl (C=O) groups excluding carboxylic acids is 3. The summed E-state index contributed by atoms with van der Waals surface area (Å²) >= 11 is 1.29. The molecular weight excluding hydrogens is 624 g/mol. The molecule has 0 saturated heterocycles. The molecule has 14 heteroatoms. The number of aryl methyl sites for hydroxylation is 2. The number of aliphatic carboxylic acids is 1. The van der Waals surface area contributed by atoms with Gasteiger partial charge in [0.25, 0.3) is 5.91 Å². The van der Waals surface area contributed by atoms with Crippen LogP contribution in [0.1, 0.15) is 61.5 Å². The Balaban J connectivity index is 1.49. The van der Waals surface area contributed by atoms with Crippen LogP contribution in [0.2, 0.25) is 0 Å². The molecule has 3 aromatic heterocycles. The lowest BCUT2D eigenvalue weighted by Crippen LogP contribution is -2.19. The highest BCUT2D eigenvalue weighted by Crippen LogP contribution is 2.40. The standard InChI is InChI=1S/C33H34N6O7S/c1-5-39-24(14-18(2)37-39)32(44)36-33-35-22-15-19(31(34)43)9-10-23(22)38(33)13-7-6-8-20-21-16-26(45-3)27(46-4)17-28(21)47-30(20)25(40)11-12-29(41)42/h6-7,9-10,14-17H,5,8,11-13H2,1-4H3,(H2,34,43)(H,41,42)(H,35,36,44)/b7-6+. The minimum absolute atomic E-state index is 0.124. The van der Waals surface area contributed by atoms with Crippen LogP contribution in [0.15, 0.2) is 48.6 Å². The third-order valence-corrected chi connectivity index (χ3v) is 8.82. The van der Waals surface area contributed by atoms with Crippen LogP contribution in [-0.2, 0) is 24.3 Å². The van der Waals surface area contributed by atoms with Crippen molar-refractivity contribution >= 4 is 62.0 Å². The maximum absolute atomic E-state index is 13.3. The molecule has 2 amide bonds. The number of amides is 2. The highest BCUT2D eigenvalue weighted by Gasteiger charge is 2.22. The van der Waals surface area contributed by atoms with Crippen molar-refractivity contribution in [2.75, 3.05) is 19.5 Å². The molecule has 3 heterocycles. The summed E-state index contributed by atoms with van der Waals surface area (Å²) in [6.45, 7) is 4.50. The van der Waals surface area contributed by atoms with Crippen molar-refractivity contribution in [2.24, 2.45) is 5.73 Å². The highest BCUT2D eigenvalue weighted by molar-refractivity contribution is 7.21. The van der Waals surface area contributed by atoms with E-state index in [1.165, 1.54) is 25.6 Å². The number of methoxy groups -OCH3 is 2. The number of thiophene rings is 1. The Labute approximate surface area is 273 Å². The van der Waals surface area contributed by atoms with Crippen molar-refractivity contribution in [3.63, 3.8) is 0 Å². The molecule has 0 atom stereocenters. The number of ether oxygens (including phenoxy) is 2. The number of allylic oxidation sites excluding steroid dienone is 2. The lowest BCUT2D eigenvalue weighted by atomic mass is 10.0. The van der Waals surface area contributed by atoms with E-state index in [4.69, 9.17) is 20.3 Å². The predicted molar refractivity (Wildman–Crippen MR) is 178 cm³/mol. The number of carboxylic acids is 1. The molecule has 0 spiro atoms. The molecule has 5 rings (SSSR count). The number of rotatable bonds is 14. The largest absolute Gasteiger partial charge is 0.493 e. The van der Waals surface area contributed by atoms with Gasteiger partial charge in [0.2, 0.25) is 11.9 Å². The molecule has 0 unspecified atom stereocenters. The van der Waals surface area contributed by atoms with Gasteiger partial charge in [-0.2, -0.15) is 5.10 Å². The number of imidazole rings is 1. The fourth-order valence-electron chi connectivity index (χ4n) is 5.32. The number of fused-ring (bicyclic) bond motifs is 2. The van der Waals surface area contributed by atoms with E-state index in [2.05, 4.69) is 15.4 Å². The Kier molecular flexibility index (Phi) is 9.70. The summed E-state index contributed by atoms with van der Waals surface area (Å²) in [5.41, 5.74) is 8.75. The van der Waals surface area contributed by atoms with E-state index in [-0.39, 0.29) is 42.6 Å². The van der Waals surface area contributed by atoms with Gasteiger partial charge < -0.3 is 24.9 Å². The lowest BCUT2D eigenvalue weighted by Gasteiger charge is -2.09. The van der Waals surface area contributed by atoms with Gasteiger partial charge >= 0.3 is 5.97 Å². The minimum atomic E-state index is -1.04. The number of nitrogens with zero attached hydrogens (tertiary/aromatic N) is 4. The van der Waals surface area contributed by atoms with Gasteiger partial charge in [-0.15, -0.1) is 11.3 Å². The zero-order chi connectivity index (χ0) is 33.8. The molecule has 4 N–H and O–H groups in total. The molecule has 0 saturated carbocycles. The summed E-state index contributed by atoms with van der Waals surface area (Å²) in [6, 6.07) is 10.2.